The van der Waals surface area contributed by atoms with Gasteiger partial charge in [0, 0.05) is 12.0 Å². The van der Waals surface area contributed by atoms with Gasteiger partial charge in [-0.1, -0.05) is 65.7 Å². The van der Waals surface area contributed by atoms with Crippen LogP contribution in [0.25, 0.3) is 10.8 Å². The van der Waals surface area contributed by atoms with Crippen LogP contribution in [-0.4, -0.2) is 24.3 Å². The second-order valence-electron chi connectivity index (χ2n) is 6.30. The van der Waals surface area contributed by atoms with E-state index in [1.165, 1.54) is 0 Å². The Morgan fingerprint density at radius 3 is 2.41 bits per heavy atom. The summed E-state index contributed by atoms with van der Waals surface area (Å²) in [5.41, 5.74) is 0.828. The van der Waals surface area contributed by atoms with Gasteiger partial charge in [-0.2, -0.15) is 0 Å². The number of hydrogen-bond acceptors (Lipinski definition) is 4. The van der Waals surface area contributed by atoms with Gasteiger partial charge in [0.05, 0.1) is 22.2 Å². The first kappa shape index (κ1) is 20.8. The molecule has 0 fully saturated rings. The van der Waals surface area contributed by atoms with Crippen molar-refractivity contribution in [2.75, 3.05) is 11.9 Å². The number of amides is 1. The van der Waals surface area contributed by atoms with E-state index in [2.05, 4.69) is 5.32 Å². The molecule has 0 aromatic heterocycles. The lowest BCUT2D eigenvalue weighted by atomic mass is 10.0. The summed E-state index contributed by atoms with van der Waals surface area (Å²) in [5, 5.41) is 5.08. The van der Waals surface area contributed by atoms with Gasteiger partial charge in [0.25, 0.3) is 0 Å². The quantitative estimate of drug-likeness (QED) is 0.408. The summed E-state index contributed by atoms with van der Waals surface area (Å²) in [7, 11) is 0. The Morgan fingerprint density at radius 2 is 1.62 bits per heavy atom. The SMILES string of the molecule is O=C(CCC(=O)OCC(=O)c1ccc2ccccc2c1)Nc1cccc(Cl)c1Cl. The van der Waals surface area contributed by atoms with Crippen molar-refractivity contribution in [2.24, 2.45) is 0 Å². The highest BCUT2D eigenvalue weighted by atomic mass is 35.5. The molecule has 7 heteroatoms. The Bertz CT molecular complexity index is 1080. The number of nitrogens with one attached hydrogen (secondary N) is 1. The maximum Gasteiger partial charge on any atom is 0.306 e. The van der Waals surface area contributed by atoms with Crippen molar-refractivity contribution in [3.63, 3.8) is 0 Å². The highest BCUT2D eigenvalue weighted by molar-refractivity contribution is 6.44. The van der Waals surface area contributed by atoms with E-state index in [9.17, 15) is 14.4 Å². The molecule has 0 saturated carbocycles. The fraction of sp³-hybridized carbons (Fsp3) is 0.136. The summed E-state index contributed by atoms with van der Waals surface area (Å²) in [6.07, 6.45) is -0.263. The fourth-order valence-corrected chi connectivity index (χ4v) is 3.04. The molecule has 1 N–H and O–H groups in total. The maximum absolute atomic E-state index is 12.3. The van der Waals surface area contributed by atoms with Gasteiger partial charge in [-0.3, -0.25) is 14.4 Å². The van der Waals surface area contributed by atoms with Crippen LogP contribution >= 0.6 is 23.2 Å². The zero-order valence-corrected chi connectivity index (χ0v) is 16.8. The zero-order valence-electron chi connectivity index (χ0n) is 15.3. The van der Waals surface area contributed by atoms with E-state index in [0.29, 0.717) is 16.3 Å². The van der Waals surface area contributed by atoms with Gasteiger partial charge >= 0.3 is 5.97 Å². The number of carbonyl (C=O) groups excluding carboxylic acids is 3. The van der Waals surface area contributed by atoms with Crippen molar-refractivity contribution < 1.29 is 19.1 Å². The molecule has 0 saturated heterocycles. The van der Waals surface area contributed by atoms with Gasteiger partial charge in [-0.25, -0.2) is 0 Å². The van der Waals surface area contributed by atoms with Gasteiger partial charge in [0.2, 0.25) is 5.91 Å². The minimum absolute atomic E-state index is 0.105. The standard InChI is InChI=1S/C22H17Cl2NO4/c23-17-6-3-7-18(22(17)24)25-20(27)10-11-21(28)29-13-19(26)16-9-8-14-4-1-2-5-15(14)12-16/h1-9,12H,10-11,13H2,(H,25,27). The van der Waals surface area contributed by atoms with Crippen molar-refractivity contribution in [2.45, 2.75) is 12.8 Å². The molecule has 29 heavy (non-hydrogen) atoms. The minimum atomic E-state index is -0.633. The van der Waals surface area contributed by atoms with Crippen molar-refractivity contribution in [3.8, 4) is 0 Å². The first-order valence-corrected chi connectivity index (χ1v) is 9.61. The topological polar surface area (TPSA) is 72.5 Å². The van der Waals surface area contributed by atoms with E-state index in [0.717, 1.165) is 10.8 Å². The van der Waals surface area contributed by atoms with Crippen molar-refractivity contribution in [1.29, 1.82) is 0 Å². The third-order valence-electron chi connectivity index (χ3n) is 4.22. The van der Waals surface area contributed by atoms with E-state index < -0.39 is 11.9 Å². The van der Waals surface area contributed by atoms with Gasteiger partial charge in [-0.15, -0.1) is 0 Å². The van der Waals surface area contributed by atoms with Crippen LogP contribution in [-0.2, 0) is 14.3 Å². The predicted octanol–water partition coefficient (Wildman–Crippen LogP) is 5.29. The van der Waals surface area contributed by atoms with Crippen LogP contribution in [0.4, 0.5) is 5.69 Å². The summed E-state index contributed by atoms with van der Waals surface area (Å²) < 4.78 is 5.00. The molecule has 0 radical (unpaired) electrons. The highest BCUT2D eigenvalue weighted by Crippen LogP contribution is 2.29. The Balaban J connectivity index is 1.47. The van der Waals surface area contributed by atoms with Crippen molar-refractivity contribution in [3.05, 3.63) is 76.3 Å². The number of fused-ring (bicyclic) bond motifs is 1. The number of esters is 1. The molecule has 0 bridgehead atoms. The zero-order chi connectivity index (χ0) is 20.8. The molecule has 1 amide bonds. The Kier molecular flexibility index (Phi) is 6.86. The second-order valence-corrected chi connectivity index (χ2v) is 7.08. The molecule has 3 rings (SSSR count). The average Bonchev–Trinajstić information content (AvgIpc) is 2.73. The molecule has 0 atom stereocenters. The molecular formula is C22H17Cl2NO4. The number of rotatable bonds is 7. The number of ketones is 1. The third-order valence-corrected chi connectivity index (χ3v) is 5.04. The molecule has 3 aromatic rings. The van der Waals surface area contributed by atoms with Crippen LogP contribution in [0, 0.1) is 0 Å². The molecule has 3 aromatic carbocycles. The lowest BCUT2D eigenvalue weighted by Crippen LogP contribution is -2.17. The van der Waals surface area contributed by atoms with Crippen LogP contribution < -0.4 is 5.32 Å². The highest BCUT2D eigenvalue weighted by Gasteiger charge is 2.13. The Hall–Kier alpha value is -2.89. The maximum atomic E-state index is 12.3. The predicted molar refractivity (Wildman–Crippen MR) is 114 cm³/mol. The normalized spacial score (nSPS) is 10.6. The van der Waals surface area contributed by atoms with Gasteiger partial charge in [0.1, 0.15) is 0 Å². The smallest absolute Gasteiger partial charge is 0.306 e. The first-order chi connectivity index (χ1) is 13.9. The lowest BCUT2D eigenvalue weighted by Gasteiger charge is -2.08. The van der Waals surface area contributed by atoms with Gasteiger partial charge in [-0.05, 0) is 29.0 Å². The average molecular weight is 430 g/mol. The number of carbonyl (C=O) groups is 3. The first-order valence-electron chi connectivity index (χ1n) is 8.85. The lowest BCUT2D eigenvalue weighted by molar-refractivity contribution is -0.143. The molecule has 0 unspecified atom stereocenters. The number of hydrogen-bond donors (Lipinski definition) is 1. The van der Waals surface area contributed by atoms with E-state index in [4.69, 9.17) is 27.9 Å². The summed E-state index contributed by atoms with van der Waals surface area (Å²) in [6.45, 7) is -0.376. The van der Waals surface area contributed by atoms with Gasteiger partial charge < -0.3 is 10.1 Å². The number of ether oxygens (including phenoxy) is 1. The summed E-state index contributed by atoms with van der Waals surface area (Å²) in [4.78, 5) is 36.1. The molecule has 0 aliphatic carbocycles. The molecule has 0 aliphatic heterocycles. The summed E-state index contributed by atoms with van der Waals surface area (Å²) in [5.74, 6) is -1.35. The van der Waals surface area contributed by atoms with E-state index in [1.54, 1.807) is 30.3 Å². The largest absolute Gasteiger partial charge is 0.457 e. The third kappa shape index (κ3) is 5.56. The van der Waals surface area contributed by atoms with Crippen LogP contribution in [0.2, 0.25) is 10.0 Å². The van der Waals surface area contributed by atoms with E-state index >= 15 is 0 Å². The molecule has 0 heterocycles. The number of Topliss-reactive ketones (excluding diaryl/α,β-unsaturated/α-hetero) is 1. The van der Waals surface area contributed by atoms with Crippen molar-refractivity contribution >= 4 is 57.3 Å². The Morgan fingerprint density at radius 1 is 0.862 bits per heavy atom. The number of anilines is 1. The number of benzene rings is 3. The second kappa shape index (κ2) is 9.54. The Labute approximate surface area is 177 Å². The van der Waals surface area contributed by atoms with Crippen LogP contribution in [0.3, 0.4) is 0 Å². The summed E-state index contributed by atoms with van der Waals surface area (Å²) in [6, 6.07) is 17.8. The van der Waals surface area contributed by atoms with Crippen LogP contribution in [0.1, 0.15) is 23.2 Å². The minimum Gasteiger partial charge on any atom is -0.457 e. The van der Waals surface area contributed by atoms with E-state index in [1.807, 2.05) is 30.3 Å². The molecule has 0 aliphatic rings. The van der Waals surface area contributed by atoms with E-state index in [-0.39, 0.29) is 30.3 Å². The molecule has 148 valence electrons. The van der Waals surface area contributed by atoms with Crippen LogP contribution in [0.15, 0.2) is 60.7 Å². The fourth-order valence-electron chi connectivity index (χ4n) is 2.69. The van der Waals surface area contributed by atoms with Crippen LogP contribution in [0.5, 0.6) is 0 Å². The molecule has 0 spiro atoms. The van der Waals surface area contributed by atoms with Gasteiger partial charge in [0.15, 0.2) is 12.4 Å². The number of halogens is 2. The molecule has 5 nitrogen and oxygen atoms in total. The molecular weight excluding hydrogens is 413 g/mol. The summed E-state index contributed by atoms with van der Waals surface area (Å²) >= 11 is 11.9. The monoisotopic (exact) mass is 429 g/mol. The van der Waals surface area contributed by atoms with Crippen molar-refractivity contribution in [1.82, 2.24) is 0 Å².